The number of benzene rings is 2. The number of pyridine rings is 1. The quantitative estimate of drug-likeness (QED) is 0.605. The molecule has 1 atom stereocenters. The maximum absolute atomic E-state index is 12.8. The van der Waals surface area contributed by atoms with Crippen molar-refractivity contribution >= 4 is 34.4 Å². The maximum Gasteiger partial charge on any atom is 0.339 e. The van der Waals surface area contributed by atoms with Crippen molar-refractivity contribution in [3.05, 3.63) is 65.2 Å². The topological polar surface area (TPSA) is 77.5 Å². The molecule has 1 N–H and O–H groups in total. The van der Waals surface area contributed by atoms with Gasteiger partial charge in [-0.25, -0.2) is 9.78 Å². The van der Waals surface area contributed by atoms with Crippen LogP contribution in [0.15, 0.2) is 54.6 Å². The van der Waals surface area contributed by atoms with Gasteiger partial charge in [0.25, 0.3) is 5.91 Å². The van der Waals surface area contributed by atoms with E-state index in [0.717, 1.165) is 25.0 Å². The zero-order valence-corrected chi connectivity index (χ0v) is 17.0. The third-order valence-corrected chi connectivity index (χ3v) is 5.21. The van der Waals surface area contributed by atoms with E-state index in [0.29, 0.717) is 33.7 Å². The molecule has 1 aliphatic rings. The van der Waals surface area contributed by atoms with Crippen molar-refractivity contribution in [2.24, 2.45) is 0 Å². The van der Waals surface area contributed by atoms with Crippen LogP contribution in [0.25, 0.3) is 22.2 Å². The van der Waals surface area contributed by atoms with Gasteiger partial charge in [-0.2, -0.15) is 0 Å². The van der Waals surface area contributed by atoms with Crippen LogP contribution in [0.3, 0.4) is 0 Å². The van der Waals surface area contributed by atoms with E-state index in [4.69, 9.17) is 21.1 Å². The number of hydrogen-bond acceptors (Lipinski definition) is 5. The lowest BCUT2D eigenvalue weighted by Gasteiger charge is -2.12. The Labute approximate surface area is 179 Å². The van der Waals surface area contributed by atoms with Crippen LogP contribution in [0, 0.1) is 0 Å². The second-order valence-electron chi connectivity index (χ2n) is 7.09. The Morgan fingerprint density at radius 1 is 1.17 bits per heavy atom. The Bertz CT molecular complexity index is 1060. The molecule has 0 radical (unpaired) electrons. The Kier molecular flexibility index (Phi) is 6.26. The summed E-state index contributed by atoms with van der Waals surface area (Å²) in [5.41, 5.74) is 2.48. The van der Waals surface area contributed by atoms with Crippen LogP contribution in [-0.4, -0.2) is 42.7 Å². The zero-order valence-electron chi connectivity index (χ0n) is 16.3. The van der Waals surface area contributed by atoms with Crippen molar-refractivity contribution in [3.8, 4) is 11.3 Å². The fraction of sp³-hybridized carbons (Fsp3) is 0.261. The fourth-order valence-corrected chi connectivity index (χ4v) is 3.53. The van der Waals surface area contributed by atoms with E-state index < -0.39 is 5.97 Å². The van der Waals surface area contributed by atoms with Gasteiger partial charge in [0.1, 0.15) is 0 Å². The molecule has 1 saturated heterocycles. The molecule has 0 saturated carbocycles. The summed E-state index contributed by atoms with van der Waals surface area (Å²) in [4.78, 5) is 29.5. The molecule has 1 fully saturated rings. The first-order chi connectivity index (χ1) is 14.6. The number of hydrogen-bond donors (Lipinski definition) is 1. The van der Waals surface area contributed by atoms with Crippen LogP contribution in [-0.2, 0) is 14.3 Å². The molecule has 2 heterocycles. The first-order valence-corrected chi connectivity index (χ1v) is 10.2. The number of fused-ring (bicyclic) bond motifs is 1. The van der Waals surface area contributed by atoms with Gasteiger partial charge in [-0.15, -0.1) is 0 Å². The van der Waals surface area contributed by atoms with Gasteiger partial charge in [0.15, 0.2) is 6.61 Å². The van der Waals surface area contributed by atoms with E-state index >= 15 is 0 Å². The van der Waals surface area contributed by atoms with Crippen molar-refractivity contribution in [1.29, 1.82) is 0 Å². The lowest BCUT2D eigenvalue weighted by molar-refractivity contribution is -0.124. The zero-order chi connectivity index (χ0) is 20.9. The van der Waals surface area contributed by atoms with E-state index in [1.807, 2.05) is 36.4 Å². The molecule has 1 unspecified atom stereocenters. The third-order valence-electron chi connectivity index (χ3n) is 4.96. The first kappa shape index (κ1) is 20.3. The summed E-state index contributed by atoms with van der Waals surface area (Å²) in [7, 11) is 0. The number of carbonyl (C=O) groups is 2. The van der Waals surface area contributed by atoms with E-state index in [2.05, 4.69) is 10.3 Å². The normalized spacial score (nSPS) is 15.8. The van der Waals surface area contributed by atoms with Crippen LogP contribution in [0.5, 0.6) is 0 Å². The van der Waals surface area contributed by atoms with Crippen molar-refractivity contribution < 1.29 is 19.1 Å². The molecule has 0 bridgehead atoms. The van der Waals surface area contributed by atoms with Gasteiger partial charge in [-0.3, -0.25) is 4.79 Å². The third kappa shape index (κ3) is 4.78. The molecular formula is C23H21ClN2O4. The van der Waals surface area contributed by atoms with Gasteiger partial charge in [0.2, 0.25) is 0 Å². The van der Waals surface area contributed by atoms with Gasteiger partial charge < -0.3 is 14.8 Å². The highest BCUT2D eigenvalue weighted by molar-refractivity contribution is 6.30. The summed E-state index contributed by atoms with van der Waals surface area (Å²) in [6.07, 6.45) is 1.97. The molecule has 3 aromatic rings. The smallest absolute Gasteiger partial charge is 0.339 e. The molecule has 30 heavy (non-hydrogen) atoms. The van der Waals surface area contributed by atoms with Crippen molar-refractivity contribution in [3.63, 3.8) is 0 Å². The lowest BCUT2D eigenvalue weighted by atomic mass is 10.0. The molecule has 1 amide bonds. The first-order valence-electron chi connectivity index (χ1n) is 9.81. The fourth-order valence-electron chi connectivity index (χ4n) is 3.41. The largest absolute Gasteiger partial charge is 0.452 e. The average molecular weight is 425 g/mol. The average Bonchev–Trinajstić information content (AvgIpc) is 3.29. The summed E-state index contributed by atoms with van der Waals surface area (Å²) in [6, 6.07) is 16.2. The second kappa shape index (κ2) is 9.24. The lowest BCUT2D eigenvalue weighted by Crippen LogP contribution is -2.34. The van der Waals surface area contributed by atoms with E-state index in [1.54, 1.807) is 18.2 Å². The summed E-state index contributed by atoms with van der Waals surface area (Å²) in [5, 5.41) is 4.03. The van der Waals surface area contributed by atoms with Gasteiger partial charge in [0.05, 0.1) is 22.9 Å². The van der Waals surface area contributed by atoms with Crippen LogP contribution < -0.4 is 5.32 Å². The highest BCUT2D eigenvalue weighted by Crippen LogP contribution is 2.26. The predicted octanol–water partition coefficient (Wildman–Crippen LogP) is 4.01. The number of halogens is 1. The molecule has 6 nitrogen and oxygen atoms in total. The number of para-hydroxylation sites is 1. The summed E-state index contributed by atoms with van der Waals surface area (Å²) in [5.74, 6) is -0.925. The Morgan fingerprint density at radius 3 is 2.73 bits per heavy atom. The minimum Gasteiger partial charge on any atom is -0.452 e. The minimum absolute atomic E-state index is 0.0377. The van der Waals surface area contributed by atoms with Crippen LogP contribution in [0.4, 0.5) is 0 Å². The summed E-state index contributed by atoms with van der Waals surface area (Å²) in [6.45, 7) is 0.800. The molecule has 1 aliphatic heterocycles. The van der Waals surface area contributed by atoms with Gasteiger partial charge in [-0.05, 0) is 37.1 Å². The molecule has 1 aromatic heterocycles. The molecule has 0 aliphatic carbocycles. The van der Waals surface area contributed by atoms with Gasteiger partial charge >= 0.3 is 5.97 Å². The number of carbonyl (C=O) groups excluding carboxylic acids is 2. The van der Waals surface area contributed by atoms with E-state index in [9.17, 15) is 9.59 Å². The number of nitrogens with one attached hydrogen (secondary N) is 1. The predicted molar refractivity (Wildman–Crippen MR) is 114 cm³/mol. The monoisotopic (exact) mass is 424 g/mol. The number of aromatic nitrogens is 1. The number of ether oxygens (including phenoxy) is 2. The molecule has 154 valence electrons. The van der Waals surface area contributed by atoms with Crippen LogP contribution in [0.1, 0.15) is 23.2 Å². The Hall–Kier alpha value is -2.96. The summed E-state index contributed by atoms with van der Waals surface area (Å²) >= 11 is 5.97. The Morgan fingerprint density at radius 2 is 1.97 bits per heavy atom. The standard InChI is InChI=1S/C23H21ClN2O4/c24-16-9-7-15(8-10-16)21-12-19(18-5-1-2-6-20(18)26-21)23(28)30-14-22(27)25-13-17-4-3-11-29-17/h1-2,5-10,12,17H,3-4,11,13-14H2,(H,25,27). The summed E-state index contributed by atoms with van der Waals surface area (Å²) < 4.78 is 10.8. The second-order valence-corrected chi connectivity index (χ2v) is 7.53. The van der Waals surface area contributed by atoms with Crippen LogP contribution in [0.2, 0.25) is 5.02 Å². The minimum atomic E-state index is -0.573. The molecule has 2 aromatic carbocycles. The molecule has 7 heteroatoms. The van der Waals surface area contributed by atoms with Crippen molar-refractivity contribution in [2.75, 3.05) is 19.8 Å². The number of amides is 1. The van der Waals surface area contributed by atoms with Crippen LogP contribution >= 0.6 is 11.6 Å². The number of rotatable bonds is 6. The van der Waals surface area contributed by atoms with E-state index in [1.165, 1.54) is 0 Å². The van der Waals surface area contributed by atoms with Gasteiger partial charge in [0, 0.05) is 29.1 Å². The molecule has 0 spiro atoms. The highest BCUT2D eigenvalue weighted by atomic mass is 35.5. The molecule has 4 rings (SSSR count). The highest BCUT2D eigenvalue weighted by Gasteiger charge is 2.19. The van der Waals surface area contributed by atoms with Crippen molar-refractivity contribution in [1.82, 2.24) is 10.3 Å². The van der Waals surface area contributed by atoms with E-state index in [-0.39, 0.29) is 18.6 Å². The van der Waals surface area contributed by atoms with Gasteiger partial charge in [-0.1, -0.05) is 41.9 Å². The number of esters is 1. The maximum atomic E-state index is 12.8. The SMILES string of the molecule is O=C(COC(=O)c1cc(-c2ccc(Cl)cc2)nc2ccccc12)NCC1CCCO1. The number of nitrogens with zero attached hydrogens (tertiary/aromatic N) is 1. The Balaban J connectivity index is 1.50. The van der Waals surface area contributed by atoms with Crippen molar-refractivity contribution in [2.45, 2.75) is 18.9 Å². The molecular weight excluding hydrogens is 404 g/mol.